The Morgan fingerprint density at radius 1 is 0.974 bits per heavy atom. The summed E-state index contributed by atoms with van der Waals surface area (Å²) in [6.45, 7) is 3.66. The Bertz CT molecular complexity index is 1370. The van der Waals surface area contributed by atoms with E-state index in [1.807, 2.05) is 31.2 Å². The minimum atomic E-state index is -4.20. The highest BCUT2D eigenvalue weighted by Gasteiger charge is 2.32. The van der Waals surface area contributed by atoms with E-state index >= 15 is 0 Å². The molecule has 39 heavy (non-hydrogen) atoms. The second-order valence-corrected chi connectivity index (χ2v) is 12.6. The maximum Gasteiger partial charge on any atom is 0.264 e. The largest absolute Gasteiger partial charge is 0.354 e. The smallest absolute Gasteiger partial charge is 0.264 e. The van der Waals surface area contributed by atoms with Gasteiger partial charge in [-0.1, -0.05) is 82.8 Å². The van der Waals surface area contributed by atoms with Crippen molar-refractivity contribution in [2.75, 3.05) is 17.4 Å². The molecule has 0 fully saturated rings. The lowest BCUT2D eigenvalue weighted by Crippen LogP contribution is -2.51. The molecule has 1 atom stereocenters. The molecule has 0 aliphatic heterocycles. The summed E-state index contributed by atoms with van der Waals surface area (Å²) in [4.78, 5) is 28.3. The standard InChI is InChI=1S/C28H30BrCl2N3O4S/c1-3-4-14-32-28(36)20(2)33(18-21-10-12-22(29)13-11-21)27(35)19-34(25-16-23(30)15-24(31)17-25)39(37,38)26-8-6-5-7-9-26/h5-13,15-17,20H,3-4,14,18-19H2,1-2H3,(H,32,36)/t20-/m0/s1. The molecule has 0 aromatic heterocycles. The van der Waals surface area contributed by atoms with Crippen molar-refractivity contribution in [3.05, 3.63) is 92.9 Å². The Balaban J connectivity index is 2.01. The number of nitrogens with zero attached hydrogens (tertiary/aromatic N) is 2. The van der Waals surface area contributed by atoms with E-state index in [4.69, 9.17) is 23.2 Å². The normalized spacial score (nSPS) is 12.0. The number of sulfonamides is 1. The van der Waals surface area contributed by atoms with Gasteiger partial charge in [-0.25, -0.2) is 8.42 Å². The van der Waals surface area contributed by atoms with Crippen molar-refractivity contribution in [3.63, 3.8) is 0 Å². The summed E-state index contributed by atoms with van der Waals surface area (Å²) < 4.78 is 29.4. The molecule has 0 saturated carbocycles. The number of carbonyl (C=O) groups is 2. The van der Waals surface area contributed by atoms with E-state index in [2.05, 4.69) is 21.2 Å². The van der Waals surface area contributed by atoms with Gasteiger partial charge in [-0.05, 0) is 61.4 Å². The monoisotopic (exact) mass is 653 g/mol. The van der Waals surface area contributed by atoms with Gasteiger partial charge in [-0.2, -0.15) is 0 Å². The van der Waals surface area contributed by atoms with E-state index in [0.29, 0.717) is 6.54 Å². The quantitative estimate of drug-likeness (QED) is 0.233. The molecule has 7 nitrogen and oxygen atoms in total. The number of hydrogen-bond donors (Lipinski definition) is 1. The topological polar surface area (TPSA) is 86.8 Å². The zero-order chi connectivity index (χ0) is 28.6. The Labute approximate surface area is 248 Å². The van der Waals surface area contributed by atoms with Crippen LogP contribution in [-0.2, 0) is 26.2 Å². The summed E-state index contributed by atoms with van der Waals surface area (Å²) in [5.41, 5.74) is 0.913. The van der Waals surface area contributed by atoms with Gasteiger partial charge in [0, 0.05) is 27.6 Å². The molecule has 0 saturated heterocycles. The molecule has 0 unspecified atom stereocenters. The van der Waals surface area contributed by atoms with Crippen LogP contribution in [0, 0.1) is 0 Å². The van der Waals surface area contributed by atoms with Gasteiger partial charge in [0.15, 0.2) is 0 Å². The van der Waals surface area contributed by atoms with Crippen molar-refractivity contribution >= 4 is 66.7 Å². The summed E-state index contributed by atoms with van der Waals surface area (Å²) in [5.74, 6) is -0.885. The first kappa shape index (κ1) is 30.9. The third-order valence-electron chi connectivity index (χ3n) is 6.01. The summed E-state index contributed by atoms with van der Waals surface area (Å²) >= 11 is 15.8. The van der Waals surface area contributed by atoms with Crippen LogP contribution in [0.25, 0.3) is 0 Å². The molecule has 208 valence electrons. The molecule has 0 aliphatic rings. The zero-order valence-electron chi connectivity index (χ0n) is 21.6. The first-order valence-electron chi connectivity index (χ1n) is 12.4. The Kier molecular flexibility index (Phi) is 11.2. The van der Waals surface area contributed by atoms with Gasteiger partial charge in [0.05, 0.1) is 10.6 Å². The average molecular weight is 655 g/mol. The molecule has 3 aromatic carbocycles. The maximum atomic E-state index is 13.9. The molecular formula is C28H30BrCl2N3O4S. The summed E-state index contributed by atoms with van der Waals surface area (Å²) in [5, 5.41) is 3.30. The number of anilines is 1. The third kappa shape index (κ3) is 8.45. The van der Waals surface area contributed by atoms with Crippen molar-refractivity contribution < 1.29 is 18.0 Å². The van der Waals surface area contributed by atoms with Crippen LogP contribution in [0.15, 0.2) is 82.2 Å². The predicted molar refractivity (Wildman–Crippen MR) is 160 cm³/mol. The highest BCUT2D eigenvalue weighted by Crippen LogP contribution is 2.30. The van der Waals surface area contributed by atoms with Crippen LogP contribution in [0.1, 0.15) is 32.3 Å². The fourth-order valence-electron chi connectivity index (χ4n) is 3.84. The molecule has 0 radical (unpaired) electrons. The van der Waals surface area contributed by atoms with E-state index < -0.39 is 28.5 Å². The molecule has 1 N–H and O–H groups in total. The van der Waals surface area contributed by atoms with E-state index in [-0.39, 0.29) is 33.1 Å². The fraction of sp³-hybridized carbons (Fsp3) is 0.286. The zero-order valence-corrected chi connectivity index (χ0v) is 25.5. The van der Waals surface area contributed by atoms with Gasteiger partial charge in [0.1, 0.15) is 12.6 Å². The van der Waals surface area contributed by atoms with Crippen molar-refractivity contribution in [2.45, 2.75) is 44.2 Å². The highest BCUT2D eigenvalue weighted by atomic mass is 79.9. The summed E-state index contributed by atoms with van der Waals surface area (Å²) in [7, 11) is -4.20. The number of carbonyl (C=O) groups excluding carboxylic acids is 2. The number of nitrogens with one attached hydrogen (secondary N) is 1. The van der Waals surface area contributed by atoms with Crippen LogP contribution in [-0.4, -0.2) is 44.3 Å². The summed E-state index contributed by atoms with van der Waals surface area (Å²) in [6, 6.07) is 18.6. The van der Waals surface area contributed by atoms with Gasteiger partial charge in [-0.3, -0.25) is 13.9 Å². The molecule has 0 aliphatic carbocycles. The van der Waals surface area contributed by atoms with Gasteiger partial charge in [0.2, 0.25) is 11.8 Å². The van der Waals surface area contributed by atoms with Crippen molar-refractivity contribution in [3.8, 4) is 0 Å². The number of benzene rings is 3. The number of hydrogen-bond acceptors (Lipinski definition) is 4. The molecule has 3 aromatic rings. The lowest BCUT2D eigenvalue weighted by Gasteiger charge is -2.32. The first-order valence-corrected chi connectivity index (χ1v) is 15.4. The number of amides is 2. The highest BCUT2D eigenvalue weighted by molar-refractivity contribution is 9.10. The van der Waals surface area contributed by atoms with Crippen LogP contribution in [0.2, 0.25) is 10.0 Å². The molecule has 2 amide bonds. The minimum absolute atomic E-state index is 0.00119. The van der Waals surface area contributed by atoms with Gasteiger partial charge >= 0.3 is 0 Å². The predicted octanol–water partition coefficient (Wildman–Crippen LogP) is 6.28. The minimum Gasteiger partial charge on any atom is -0.354 e. The van der Waals surface area contributed by atoms with E-state index in [1.54, 1.807) is 25.1 Å². The molecule has 3 rings (SSSR count). The molecule has 11 heteroatoms. The average Bonchev–Trinajstić information content (AvgIpc) is 2.90. The number of unbranched alkanes of at least 4 members (excludes halogenated alkanes) is 1. The Hall–Kier alpha value is -2.59. The molecular weight excluding hydrogens is 625 g/mol. The first-order chi connectivity index (χ1) is 18.5. The van der Waals surface area contributed by atoms with Crippen LogP contribution in [0.4, 0.5) is 5.69 Å². The van der Waals surface area contributed by atoms with E-state index in [9.17, 15) is 18.0 Å². The maximum absolute atomic E-state index is 13.9. The van der Waals surface area contributed by atoms with Crippen LogP contribution in [0.5, 0.6) is 0 Å². The molecule has 0 bridgehead atoms. The lowest BCUT2D eigenvalue weighted by molar-refractivity contribution is -0.139. The third-order valence-corrected chi connectivity index (χ3v) is 8.76. The van der Waals surface area contributed by atoms with Gasteiger partial charge in [0.25, 0.3) is 10.0 Å². The van der Waals surface area contributed by atoms with Crippen LogP contribution in [0.3, 0.4) is 0 Å². The lowest BCUT2D eigenvalue weighted by atomic mass is 10.1. The number of halogens is 3. The second kappa shape index (κ2) is 14.2. The fourth-order valence-corrected chi connectivity index (χ4v) is 6.03. The molecule has 0 spiro atoms. The van der Waals surface area contributed by atoms with Crippen molar-refractivity contribution in [1.82, 2.24) is 10.2 Å². The number of rotatable bonds is 12. The SMILES string of the molecule is CCCCNC(=O)[C@H](C)N(Cc1ccc(Br)cc1)C(=O)CN(c1cc(Cl)cc(Cl)c1)S(=O)(=O)c1ccccc1. The molecule has 0 heterocycles. The van der Waals surface area contributed by atoms with Gasteiger partial charge in [-0.15, -0.1) is 0 Å². The second-order valence-electron chi connectivity index (χ2n) is 8.92. The Morgan fingerprint density at radius 3 is 2.18 bits per heavy atom. The van der Waals surface area contributed by atoms with Crippen molar-refractivity contribution in [1.29, 1.82) is 0 Å². The van der Waals surface area contributed by atoms with E-state index in [1.165, 1.54) is 35.2 Å². The Morgan fingerprint density at radius 2 is 1.59 bits per heavy atom. The van der Waals surface area contributed by atoms with Crippen LogP contribution >= 0.6 is 39.1 Å². The van der Waals surface area contributed by atoms with Crippen molar-refractivity contribution in [2.24, 2.45) is 0 Å². The van der Waals surface area contributed by atoms with Crippen LogP contribution < -0.4 is 9.62 Å². The van der Waals surface area contributed by atoms with Gasteiger partial charge < -0.3 is 10.2 Å². The van der Waals surface area contributed by atoms with E-state index in [0.717, 1.165) is 27.2 Å². The summed E-state index contributed by atoms with van der Waals surface area (Å²) in [6.07, 6.45) is 1.71.